The molecule has 2 rings (SSSR count). The second kappa shape index (κ2) is 8.61. The van der Waals surface area contributed by atoms with Crippen LogP contribution in [0.25, 0.3) is 0 Å². The summed E-state index contributed by atoms with van der Waals surface area (Å²) in [6.45, 7) is 0.744. The molecule has 0 radical (unpaired) electrons. The quantitative estimate of drug-likeness (QED) is 0.680. The van der Waals surface area contributed by atoms with Crippen LogP contribution in [-0.4, -0.2) is 41.0 Å². The monoisotopic (exact) mass is 407 g/mol. The van der Waals surface area contributed by atoms with Crippen LogP contribution in [-0.2, 0) is 19.6 Å². The number of benzene rings is 2. The number of amides is 2. The first-order chi connectivity index (χ1) is 13.2. The summed E-state index contributed by atoms with van der Waals surface area (Å²) in [6, 6.07) is 10.1. The van der Waals surface area contributed by atoms with E-state index in [1.165, 1.54) is 57.5 Å². The molecule has 0 atom stereocenters. The number of primary amides is 1. The number of nitrogens with two attached hydrogens (primary N) is 1. The highest BCUT2D eigenvalue weighted by Gasteiger charge is 2.29. The Hall–Kier alpha value is -3.27. The van der Waals surface area contributed by atoms with E-state index in [-0.39, 0.29) is 22.2 Å². The van der Waals surface area contributed by atoms with Crippen molar-refractivity contribution in [3.8, 4) is 11.5 Å². The van der Waals surface area contributed by atoms with Crippen molar-refractivity contribution >= 4 is 33.2 Å². The number of anilines is 2. The highest BCUT2D eigenvalue weighted by atomic mass is 32.2. The Morgan fingerprint density at radius 3 is 2.21 bits per heavy atom. The van der Waals surface area contributed by atoms with Gasteiger partial charge < -0.3 is 20.5 Å². The summed E-state index contributed by atoms with van der Waals surface area (Å²) in [4.78, 5) is 22.6. The van der Waals surface area contributed by atoms with Gasteiger partial charge in [0.05, 0.1) is 24.8 Å². The van der Waals surface area contributed by atoms with E-state index in [0.29, 0.717) is 11.4 Å². The molecule has 0 unspecified atom stereocenters. The second-order valence-electron chi connectivity index (χ2n) is 5.72. The predicted molar refractivity (Wildman–Crippen MR) is 104 cm³/mol. The van der Waals surface area contributed by atoms with Gasteiger partial charge in [0.15, 0.2) is 0 Å². The minimum Gasteiger partial charge on any atom is -0.497 e. The molecule has 3 N–H and O–H groups in total. The lowest BCUT2D eigenvalue weighted by Crippen LogP contribution is -2.38. The van der Waals surface area contributed by atoms with E-state index in [1.807, 2.05) is 0 Å². The highest BCUT2D eigenvalue weighted by molar-refractivity contribution is 7.92. The molecule has 0 heterocycles. The maximum atomic E-state index is 13.2. The summed E-state index contributed by atoms with van der Waals surface area (Å²) < 4.78 is 37.6. The normalized spacial score (nSPS) is 10.8. The minimum absolute atomic E-state index is 0.0901. The number of carbonyl (C=O) groups excluding carboxylic acids is 2. The van der Waals surface area contributed by atoms with Crippen LogP contribution >= 0.6 is 0 Å². The number of nitrogens with one attached hydrogen (secondary N) is 1. The smallest absolute Gasteiger partial charge is 0.264 e. The number of methoxy groups -OCH3 is 2. The third-order valence-corrected chi connectivity index (χ3v) is 5.49. The number of hydrogen-bond acceptors (Lipinski definition) is 6. The number of hydrogen-bond donors (Lipinski definition) is 2. The van der Waals surface area contributed by atoms with E-state index < -0.39 is 22.5 Å². The predicted octanol–water partition coefficient (Wildman–Crippen LogP) is 1.34. The Balaban J connectivity index is 2.55. The van der Waals surface area contributed by atoms with E-state index in [0.717, 1.165) is 4.31 Å². The van der Waals surface area contributed by atoms with E-state index in [2.05, 4.69) is 5.32 Å². The Kier molecular flexibility index (Phi) is 6.47. The van der Waals surface area contributed by atoms with Crippen LogP contribution in [0.5, 0.6) is 11.5 Å². The van der Waals surface area contributed by atoms with Gasteiger partial charge in [0.1, 0.15) is 18.0 Å². The molecular formula is C18H21N3O6S. The Morgan fingerprint density at radius 1 is 1.07 bits per heavy atom. The maximum absolute atomic E-state index is 13.2. The molecule has 0 saturated carbocycles. The van der Waals surface area contributed by atoms with E-state index in [9.17, 15) is 18.0 Å². The van der Waals surface area contributed by atoms with Crippen molar-refractivity contribution in [1.29, 1.82) is 0 Å². The fourth-order valence-corrected chi connectivity index (χ4v) is 3.91. The largest absolute Gasteiger partial charge is 0.497 e. The number of sulfonamides is 1. The molecule has 9 nitrogen and oxygen atoms in total. The van der Waals surface area contributed by atoms with E-state index in [4.69, 9.17) is 15.2 Å². The van der Waals surface area contributed by atoms with Gasteiger partial charge in [0.25, 0.3) is 10.0 Å². The lowest BCUT2D eigenvalue weighted by Gasteiger charge is -2.25. The maximum Gasteiger partial charge on any atom is 0.264 e. The van der Waals surface area contributed by atoms with Gasteiger partial charge in [-0.05, 0) is 36.4 Å². The Morgan fingerprint density at radius 2 is 1.71 bits per heavy atom. The summed E-state index contributed by atoms with van der Waals surface area (Å²) in [5.41, 5.74) is 5.82. The SMILES string of the molecule is COc1ccc(OC)c(N(CC(N)=O)S(=O)(=O)c2ccc(NC(C)=O)cc2)c1. The highest BCUT2D eigenvalue weighted by Crippen LogP contribution is 2.35. The zero-order valence-corrected chi connectivity index (χ0v) is 16.4. The Bertz CT molecular complexity index is 973. The van der Waals surface area contributed by atoms with Crippen molar-refractivity contribution in [3.63, 3.8) is 0 Å². The molecule has 0 aliphatic rings. The molecule has 2 aromatic rings. The van der Waals surface area contributed by atoms with E-state index in [1.54, 1.807) is 6.07 Å². The number of carbonyl (C=O) groups is 2. The summed E-state index contributed by atoms with van der Waals surface area (Å²) in [6.07, 6.45) is 0. The number of nitrogens with zero attached hydrogens (tertiary/aromatic N) is 1. The van der Waals surface area contributed by atoms with Crippen molar-refractivity contribution in [3.05, 3.63) is 42.5 Å². The molecule has 0 aliphatic carbocycles. The van der Waals surface area contributed by atoms with Gasteiger partial charge in [-0.1, -0.05) is 0 Å². The van der Waals surface area contributed by atoms with Gasteiger partial charge in [-0.2, -0.15) is 0 Å². The van der Waals surface area contributed by atoms with Crippen LogP contribution in [0, 0.1) is 0 Å². The molecule has 150 valence electrons. The summed E-state index contributed by atoms with van der Waals surface area (Å²) in [7, 11) is -1.36. The Labute approximate surface area is 163 Å². The van der Waals surface area contributed by atoms with Gasteiger partial charge in [-0.15, -0.1) is 0 Å². The van der Waals surface area contributed by atoms with Crippen LogP contribution in [0.2, 0.25) is 0 Å². The van der Waals surface area contributed by atoms with Gasteiger partial charge in [-0.25, -0.2) is 8.42 Å². The molecule has 0 saturated heterocycles. The first kappa shape index (κ1) is 21.0. The molecule has 0 bridgehead atoms. The van der Waals surface area contributed by atoms with Crippen molar-refractivity contribution < 1.29 is 27.5 Å². The average molecular weight is 407 g/mol. The molecule has 28 heavy (non-hydrogen) atoms. The van der Waals surface area contributed by atoms with Crippen LogP contribution in [0.4, 0.5) is 11.4 Å². The fraction of sp³-hybridized carbons (Fsp3) is 0.222. The van der Waals surface area contributed by atoms with Crippen LogP contribution < -0.4 is 24.8 Å². The average Bonchev–Trinajstić information content (AvgIpc) is 2.65. The summed E-state index contributed by atoms with van der Waals surface area (Å²) in [5, 5.41) is 2.55. The van der Waals surface area contributed by atoms with Crippen LogP contribution in [0.3, 0.4) is 0 Å². The molecular weight excluding hydrogens is 386 g/mol. The van der Waals surface area contributed by atoms with Gasteiger partial charge >= 0.3 is 0 Å². The molecule has 10 heteroatoms. The van der Waals surface area contributed by atoms with Gasteiger partial charge in [-0.3, -0.25) is 13.9 Å². The first-order valence-corrected chi connectivity index (χ1v) is 9.53. The second-order valence-corrected chi connectivity index (χ2v) is 7.58. The van der Waals surface area contributed by atoms with Crippen molar-refractivity contribution in [2.45, 2.75) is 11.8 Å². The minimum atomic E-state index is -4.17. The third kappa shape index (κ3) is 4.71. The topological polar surface area (TPSA) is 128 Å². The van der Waals surface area contributed by atoms with Crippen LogP contribution in [0.1, 0.15) is 6.92 Å². The molecule has 0 aromatic heterocycles. The van der Waals surface area contributed by atoms with Crippen LogP contribution in [0.15, 0.2) is 47.4 Å². The van der Waals surface area contributed by atoms with E-state index >= 15 is 0 Å². The van der Waals surface area contributed by atoms with Crippen molar-refractivity contribution in [2.75, 3.05) is 30.4 Å². The number of ether oxygens (including phenoxy) is 2. The zero-order valence-electron chi connectivity index (χ0n) is 15.6. The molecule has 0 spiro atoms. The molecule has 2 amide bonds. The fourth-order valence-electron chi connectivity index (χ4n) is 2.47. The summed E-state index contributed by atoms with van der Waals surface area (Å²) in [5.74, 6) is -0.530. The first-order valence-electron chi connectivity index (χ1n) is 8.09. The number of rotatable bonds is 8. The molecule has 0 aliphatic heterocycles. The van der Waals surface area contributed by atoms with Crippen molar-refractivity contribution in [2.24, 2.45) is 5.73 Å². The van der Waals surface area contributed by atoms with Crippen molar-refractivity contribution in [1.82, 2.24) is 0 Å². The van der Waals surface area contributed by atoms with Gasteiger partial charge in [0, 0.05) is 18.7 Å². The summed E-state index contributed by atoms with van der Waals surface area (Å²) >= 11 is 0. The lowest BCUT2D eigenvalue weighted by atomic mass is 10.2. The molecule has 2 aromatic carbocycles. The third-order valence-electron chi connectivity index (χ3n) is 3.72. The zero-order chi connectivity index (χ0) is 20.9. The standard InChI is InChI=1S/C18H21N3O6S/c1-12(22)20-13-4-7-15(8-5-13)28(24,25)21(11-18(19)23)16-10-14(26-2)6-9-17(16)27-3/h4-10H,11H2,1-3H3,(H2,19,23)(H,20,22). The molecule has 0 fully saturated rings. The lowest BCUT2D eigenvalue weighted by molar-refractivity contribution is -0.116. The van der Waals surface area contributed by atoms with Gasteiger partial charge in [0.2, 0.25) is 11.8 Å².